The Kier molecular flexibility index (Phi) is 5.82. The monoisotopic (exact) mass is 359 g/mol. The highest BCUT2D eigenvalue weighted by molar-refractivity contribution is 5.75. The van der Waals surface area contributed by atoms with Crippen molar-refractivity contribution >= 4 is 5.97 Å². The Morgan fingerprint density at radius 2 is 1.73 bits per heavy atom. The number of methoxy groups -OCH3 is 1. The van der Waals surface area contributed by atoms with Gasteiger partial charge < -0.3 is 10.5 Å². The largest absolute Gasteiger partial charge is 0.468 e. The number of hydrogen-bond acceptors (Lipinski definition) is 5. The minimum atomic E-state index is -0.756. The molecule has 7 heteroatoms. The van der Waals surface area contributed by atoms with Gasteiger partial charge in [-0.3, -0.25) is 14.2 Å². The average Bonchev–Trinajstić information content (AvgIpc) is 2.60. The fourth-order valence-electron chi connectivity index (χ4n) is 2.95. The second kappa shape index (κ2) is 7.70. The molecule has 0 spiro atoms. The predicted molar refractivity (Wildman–Crippen MR) is 99.9 cm³/mol. The van der Waals surface area contributed by atoms with Crippen LogP contribution in [0.1, 0.15) is 36.7 Å². The van der Waals surface area contributed by atoms with Crippen LogP contribution in [0.4, 0.5) is 0 Å². The lowest BCUT2D eigenvalue weighted by atomic mass is 10.1. The minimum Gasteiger partial charge on any atom is -0.468 e. The zero-order valence-electron chi connectivity index (χ0n) is 15.8. The number of aromatic nitrogens is 2. The molecule has 2 aromatic rings. The summed E-state index contributed by atoms with van der Waals surface area (Å²) in [4.78, 5) is 36.9. The molecule has 26 heavy (non-hydrogen) atoms. The van der Waals surface area contributed by atoms with Crippen molar-refractivity contribution in [3.05, 3.63) is 61.9 Å². The van der Waals surface area contributed by atoms with Gasteiger partial charge in [-0.1, -0.05) is 12.1 Å². The summed E-state index contributed by atoms with van der Waals surface area (Å²) in [6.07, 6.45) is 0.311. The van der Waals surface area contributed by atoms with Crippen LogP contribution in [0.25, 0.3) is 5.69 Å². The van der Waals surface area contributed by atoms with E-state index in [9.17, 15) is 14.4 Å². The molecule has 1 aromatic carbocycles. The molecular weight excluding hydrogens is 334 g/mol. The first-order valence-electron chi connectivity index (χ1n) is 8.46. The van der Waals surface area contributed by atoms with E-state index < -0.39 is 12.0 Å². The zero-order valence-corrected chi connectivity index (χ0v) is 15.8. The van der Waals surface area contributed by atoms with Gasteiger partial charge in [0.25, 0.3) is 5.56 Å². The Bertz CT molecular complexity index is 924. The third kappa shape index (κ3) is 3.62. The number of ether oxygens (including phenoxy) is 1. The molecule has 0 saturated heterocycles. The van der Waals surface area contributed by atoms with Crippen LogP contribution in [0.3, 0.4) is 0 Å². The molecule has 1 heterocycles. The molecule has 1 atom stereocenters. The highest BCUT2D eigenvalue weighted by Crippen LogP contribution is 2.12. The average molecular weight is 359 g/mol. The fourth-order valence-corrected chi connectivity index (χ4v) is 2.95. The molecule has 2 N–H and O–H groups in total. The summed E-state index contributed by atoms with van der Waals surface area (Å²) in [7, 11) is 1.29. The summed E-state index contributed by atoms with van der Waals surface area (Å²) in [6, 6.07) is 6.04. The molecule has 140 valence electrons. The van der Waals surface area contributed by atoms with E-state index in [4.69, 9.17) is 5.73 Å². The van der Waals surface area contributed by atoms with Gasteiger partial charge in [-0.05, 0) is 51.8 Å². The van der Waals surface area contributed by atoms with Gasteiger partial charge >= 0.3 is 11.7 Å². The predicted octanol–water partition coefficient (Wildman–Crippen LogP) is 1.24. The molecule has 0 unspecified atom stereocenters. The Labute approximate surface area is 152 Å². The maximum atomic E-state index is 12.8. The van der Waals surface area contributed by atoms with E-state index in [0.29, 0.717) is 23.4 Å². The molecule has 7 nitrogen and oxygen atoms in total. The second-order valence-electron chi connectivity index (χ2n) is 6.60. The van der Waals surface area contributed by atoms with E-state index in [1.807, 2.05) is 13.8 Å². The van der Waals surface area contributed by atoms with E-state index in [0.717, 1.165) is 5.56 Å². The van der Waals surface area contributed by atoms with Gasteiger partial charge in [0.05, 0.1) is 12.8 Å². The summed E-state index contributed by atoms with van der Waals surface area (Å²) < 4.78 is 7.40. The summed E-state index contributed by atoms with van der Waals surface area (Å²) in [5.41, 5.74) is 7.57. The van der Waals surface area contributed by atoms with Gasteiger partial charge in [0.2, 0.25) is 0 Å². The molecule has 0 radical (unpaired) electrons. The van der Waals surface area contributed by atoms with Crippen LogP contribution in [0.2, 0.25) is 0 Å². The van der Waals surface area contributed by atoms with Crippen molar-refractivity contribution in [2.75, 3.05) is 7.11 Å². The first kappa shape index (κ1) is 19.7. The van der Waals surface area contributed by atoms with Gasteiger partial charge in [0.1, 0.15) is 6.04 Å². The first-order valence-corrected chi connectivity index (χ1v) is 8.46. The summed E-state index contributed by atoms with van der Waals surface area (Å²) in [6.45, 7) is 7.30. The summed E-state index contributed by atoms with van der Waals surface area (Å²) in [5, 5.41) is 0. The molecular formula is C19H25N3O4. The quantitative estimate of drug-likeness (QED) is 0.810. The van der Waals surface area contributed by atoms with Crippen LogP contribution in [0.15, 0.2) is 33.9 Å². The highest BCUT2D eigenvalue weighted by atomic mass is 16.5. The topological polar surface area (TPSA) is 96.3 Å². The number of carbonyl (C=O) groups is 1. The Morgan fingerprint density at radius 3 is 2.23 bits per heavy atom. The maximum Gasteiger partial charge on any atom is 0.336 e. The van der Waals surface area contributed by atoms with Crippen molar-refractivity contribution in [2.24, 2.45) is 5.73 Å². The number of benzene rings is 1. The lowest BCUT2D eigenvalue weighted by Gasteiger charge is -2.18. The normalized spacial score (nSPS) is 12.3. The van der Waals surface area contributed by atoms with E-state index in [2.05, 4.69) is 4.74 Å². The van der Waals surface area contributed by atoms with Gasteiger partial charge in [0, 0.05) is 17.3 Å². The minimum absolute atomic E-state index is 0.0645. The van der Waals surface area contributed by atoms with Crippen molar-refractivity contribution in [1.29, 1.82) is 0 Å². The number of nitrogens with zero attached hydrogens (tertiary/aromatic N) is 2. The highest BCUT2D eigenvalue weighted by Gasteiger charge is 2.17. The summed E-state index contributed by atoms with van der Waals surface area (Å²) in [5.74, 6) is -0.487. The first-order chi connectivity index (χ1) is 12.2. The van der Waals surface area contributed by atoms with Crippen molar-refractivity contribution in [3.63, 3.8) is 0 Å². The van der Waals surface area contributed by atoms with Crippen molar-refractivity contribution in [3.8, 4) is 5.69 Å². The van der Waals surface area contributed by atoms with Crippen LogP contribution >= 0.6 is 0 Å². The number of carbonyl (C=O) groups excluding carboxylic acids is 1. The maximum absolute atomic E-state index is 12.8. The number of nitrogens with two attached hydrogens (primary N) is 1. The molecule has 0 aliphatic heterocycles. The van der Waals surface area contributed by atoms with Crippen molar-refractivity contribution in [2.45, 2.75) is 46.2 Å². The molecule has 0 saturated carbocycles. The molecule has 1 aromatic heterocycles. The van der Waals surface area contributed by atoms with E-state index in [-0.39, 0.29) is 17.3 Å². The van der Waals surface area contributed by atoms with Crippen LogP contribution in [-0.2, 0) is 16.0 Å². The summed E-state index contributed by atoms with van der Waals surface area (Å²) >= 11 is 0. The van der Waals surface area contributed by atoms with Crippen LogP contribution < -0.4 is 17.0 Å². The Morgan fingerprint density at radius 1 is 1.15 bits per heavy atom. The number of esters is 1. The standard InChI is InChI=1S/C19H25N3O4/c1-11(2)21-13(4)12(3)17(23)22(19(21)25)15-8-6-14(7-9-15)10-16(20)18(24)26-5/h6-9,11,16H,10,20H2,1-5H3/t16-/m0/s1. The van der Waals surface area contributed by atoms with Crippen LogP contribution in [0, 0.1) is 13.8 Å². The molecule has 0 amide bonds. The number of hydrogen-bond donors (Lipinski definition) is 1. The van der Waals surface area contributed by atoms with Crippen molar-refractivity contribution < 1.29 is 9.53 Å². The molecule has 0 fully saturated rings. The smallest absolute Gasteiger partial charge is 0.336 e. The van der Waals surface area contributed by atoms with Gasteiger partial charge in [-0.25, -0.2) is 9.36 Å². The molecule has 2 rings (SSSR count). The van der Waals surface area contributed by atoms with E-state index in [1.165, 1.54) is 11.7 Å². The van der Waals surface area contributed by atoms with E-state index >= 15 is 0 Å². The van der Waals surface area contributed by atoms with Gasteiger partial charge in [-0.2, -0.15) is 0 Å². The van der Waals surface area contributed by atoms with E-state index in [1.54, 1.807) is 42.7 Å². The molecule has 0 aliphatic rings. The van der Waals surface area contributed by atoms with Crippen LogP contribution in [-0.4, -0.2) is 28.3 Å². The SMILES string of the molecule is COC(=O)[C@@H](N)Cc1ccc(-n2c(=O)c(C)c(C)n(C(C)C)c2=O)cc1. The number of rotatable bonds is 5. The second-order valence-corrected chi connectivity index (χ2v) is 6.60. The lowest BCUT2D eigenvalue weighted by molar-refractivity contribution is -0.142. The fraction of sp³-hybridized carbons (Fsp3) is 0.421. The third-order valence-corrected chi connectivity index (χ3v) is 4.50. The Balaban J connectivity index is 2.49. The third-order valence-electron chi connectivity index (χ3n) is 4.50. The molecule has 0 aliphatic carbocycles. The lowest BCUT2D eigenvalue weighted by Crippen LogP contribution is -2.42. The molecule has 0 bridgehead atoms. The zero-order chi connectivity index (χ0) is 19.6. The van der Waals surface area contributed by atoms with Gasteiger partial charge in [0.15, 0.2) is 0 Å². The van der Waals surface area contributed by atoms with Gasteiger partial charge in [-0.15, -0.1) is 0 Å². The Hall–Kier alpha value is -2.67. The van der Waals surface area contributed by atoms with Crippen molar-refractivity contribution in [1.82, 2.24) is 9.13 Å². The van der Waals surface area contributed by atoms with Crippen LogP contribution in [0.5, 0.6) is 0 Å².